The van der Waals surface area contributed by atoms with E-state index in [2.05, 4.69) is 10.6 Å². The number of carbonyl (C=O) groups is 1. The number of amides is 1. The number of hydrogen-bond acceptors (Lipinski definition) is 4. The number of benzene rings is 1. The molecule has 0 aromatic heterocycles. The summed E-state index contributed by atoms with van der Waals surface area (Å²) in [6.45, 7) is 0.403. The highest BCUT2D eigenvalue weighted by Crippen LogP contribution is 2.16. The number of aliphatic hydroxyl groups excluding tert-OH is 1. The van der Waals surface area contributed by atoms with Gasteiger partial charge < -0.3 is 10.4 Å². The topological polar surface area (TPSA) is 61.4 Å². The van der Waals surface area contributed by atoms with Gasteiger partial charge in [0.1, 0.15) is 5.82 Å². The Morgan fingerprint density at radius 2 is 2.26 bits per heavy atom. The first-order valence-corrected chi connectivity index (χ1v) is 7.34. The molecule has 0 saturated carbocycles. The van der Waals surface area contributed by atoms with Crippen molar-refractivity contribution in [1.29, 1.82) is 0 Å². The lowest BCUT2D eigenvalue weighted by atomic mass is 10.1. The number of thioether (sulfide) groups is 1. The van der Waals surface area contributed by atoms with Gasteiger partial charge in [-0.15, -0.1) is 11.8 Å². The van der Waals surface area contributed by atoms with Gasteiger partial charge >= 0.3 is 0 Å². The maximum atomic E-state index is 12.7. The number of rotatable bonds is 5. The number of carbonyl (C=O) groups excluding carboxylic acids is 1. The van der Waals surface area contributed by atoms with Gasteiger partial charge in [-0.05, 0) is 24.1 Å². The zero-order valence-electron chi connectivity index (χ0n) is 10.4. The second-order valence-electron chi connectivity index (χ2n) is 4.42. The average molecular weight is 284 g/mol. The van der Waals surface area contributed by atoms with Gasteiger partial charge in [0.2, 0.25) is 5.91 Å². The third-order valence-electron chi connectivity index (χ3n) is 3.00. The quantitative estimate of drug-likeness (QED) is 0.756. The van der Waals surface area contributed by atoms with E-state index < -0.39 is 6.10 Å². The average Bonchev–Trinajstić information content (AvgIpc) is 2.93. The van der Waals surface area contributed by atoms with E-state index in [1.165, 1.54) is 12.1 Å². The van der Waals surface area contributed by atoms with Gasteiger partial charge in [0.25, 0.3) is 0 Å². The molecular formula is C13H17FN2O2S. The molecule has 1 heterocycles. The van der Waals surface area contributed by atoms with Crippen LogP contribution in [0.25, 0.3) is 0 Å². The van der Waals surface area contributed by atoms with Gasteiger partial charge in [-0.3, -0.25) is 10.1 Å². The van der Waals surface area contributed by atoms with E-state index in [0.29, 0.717) is 18.5 Å². The minimum Gasteiger partial charge on any atom is -0.388 e. The summed E-state index contributed by atoms with van der Waals surface area (Å²) in [7, 11) is 0. The summed E-state index contributed by atoms with van der Waals surface area (Å²) in [5.41, 5.74) is 0.658. The van der Waals surface area contributed by atoms with E-state index in [1.54, 1.807) is 23.9 Å². The highest BCUT2D eigenvalue weighted by Gasteiger charge is 2.22. The van der Waals surface area contributed by atoms with E-state index in [-0.39, 0.29) is 17.8 Å². The van der Waals surface area contributed by atoms with Crippen molar-refractivity contribution in [3.8, 4) is 0 Å². The van der Waals surface area contributed by atoms with Crippen LogP contribution in [0.3, 0.4) is 0 Å². The SMILES string of the molecule is O=C(NCCC(O)c1ccc(F)cc1)C1CSCN1. The number of halogens is 1. The van der Waals surface area contributed by atoms with Crippen molar-refractivity contribution in [1.82, 2.24) is 10.6 Å². The highest BCUT2D eigenvalue weighted by atomic mass is 32.2. The molecule has 0 bridgehead atoms. The van der Waals surface area contributed by atoms with Crippen LogP contribution in [0.4, 0.5) is 4.39 Å². The molecule has 4 nitrogen and oxygen atoms in total. The summed E-state index contributed by atoms with van der Waals surface area (Å²) in [5, 5.41) is 15.8. The van der Waals surface area contributed by atoms with Crippen LogP contribution in [0.2, 0.25) is 0 Å². The maximum Gasteiger partial charge on any atom is 0.238 e. The summed E-state index contributed by atoms with van der Waals surface area (Å²) in [6.07, 6.45) is -0.274. The Hall–Kier alpha value is -1.11. The molecule has 2 atom stereocenters. The molecule has 2 unspecified atom stereocenters. The van der Waals surface area contributed by atoms with Crippen LogP contribution < -0.4 is 10.6 Å². The molecule has 1 aliphatic rings. The predicted molar refractivity (Wildman–Crippen MR) is 73.2 cm³/mol. The van der Waals surface area contributed by atoms with E-state index in [0.717, 1.165) is 11.6 Å². The number of aliphatic hydroxyl groups is 1. The zero-order chi connectivity index (χ0) is 13.7. The Kier molecular flexibility index (Phi) is 5.18. The van der Waals surface area contributed by atoms with Crippen molar-refractivity contribution < 1.29 is 14.3 Å². The fraction of sp³-hybridized carbons (Fsp3) is 0.462. The van der Waals surface area contributed by atoms with Crippen LogP contribution >= 0.6 is 11.8 Å². The minimum atomic E-state index is -0.688. The summed E-state index contributed by atoms with van der Waals surface area (Å²) >= 11 is 1.69. The largest absolute Gasteiger partial charge is 0.388 e. The molecule has 6 heteroatoms. The van der Waals surface area contributed by atoms with Gasteiger partial charge in [0.05, 0.1) is 12.1 Å². The van der Waals surface area contributed by atoms with E-state index in [4.69, 9.17) is 0 Å². The van der Waals surface area contributed by atoms with E-state index in [9.17, 15) is 14.3 Å². The van der Waals surface area contributed by atoms with Crippen LogP contribution in [0.15, 0.2) is 24.3 Å². The molecule has 1 aliphatic heterocycles. The lowest BCUT2D eigenvalue weighted by Gasteiger charge is -2.13. The molecule has 19 heavy (non-hydrogen) atoms. The summed E-state index contributed by atoms with van der Waals surface area (Å²) < 4.78 is 12.7. The molecule has 2 rings (SSSR count). The molecule has 1 amide bonds. The fourth-order valence-corrected chi connectivity index (χ4v) is 2.81. The first-order valence-electron chi connectivity index (χ1n) is 6.19. The fourth-order valence-electron chi connectivity index (χ4n) is 1.87. The third-order valence-corrected chi connectivity index (χ3v) is 3.94. The summed E-state index contributed by atoms with van der Waals surface area (Å²) in [5.74, 6) is 1.23. The zero-order valence-corrected chi connectivity index (χ0v) is 11.3. The Labute approximate surface area is 115 Å². The van der Waals surface area contributed by atoms with Crippen LogP contribution in [0, 0.1) is 5.82 Å². The van der Waals surface area contributed by atoms with Crippen LogP contribution in [-0.4, -0.2) is 35.2 Å². The predicted octanol–water partition coefficient (Wildman–Crippen LogP) is 1.03. The Morgan fingerprint density at radius 1 is 1.53 bits per heavy atom. The summed E-state index contributed by atoms with van der Waals surface area (Å²) in [4.78, 5) is 11.7. The van der Waals surface area contributed by atoms with Gasteiger partial charge in [-0.2, -0.15) is 0 Å². The van der Waals surface area contributed by atoms with Crippen molar-refractivity contribution in [3.05, 3.63) is 35.6 Å². The van der Waals surface area contributed by atoms with Crippen LogP contribution in [-0.2, 0) is 4.79 Å². The van der Waals surface area contributed by atoms with Crippen molar-refractivity contribution in [2.24, 2.45) is 0 Å². The molecule has 1 aromatic rings. The molecule has 1 aromatic carbocycles. The first-order chi connectivity index (χ1) is 9.16. The van der Waals surface area contributed by atoms with Crippen molar-refractivity contribution in [3.63, 3.8) is 0 Å². The molecule has 1 fully saturated rings. The molecule has 104 valence electrons. The normalized spacial score (nSPS) is 20.2. The Bertz CT molecular complexity index is 421. The summed E-state index contributed by atoms with van der Waals surface area (Å²) in [6, 6.07) is 5.61. The van der Waals surface area contributed by atoms with Gasteiger partial charge in [-0.25, -0.2) is 4.39 Å². The van der Waals surface area contributed by atoms with Gasteiger partial charge in [0.15, 0.2) is 0 Å². The first kappa shape index (κ1) is 14.3. The second-order valence-corrected chi connectivity index (χ2v) is 5.45. The van der Waals surface area contributed by atoms with Crippen molar-refractivity contribution >= 4 is 17.7 Å². The van der Waals surface area contributed by atoms with E-state index >= 15 is 0 Å². The molecule has 3 N–H and O–H groups in total. The van der Waals surface area contributed by atoms with Crippen LogP contribution in [0.5, 0.6) is 0 Å². The second kappa shape index (κ2) is 6.88. The van der Waals surface area contributed by atoms with Gasteiger partial charge in [-0.1, -0.05) is 12.1 Å². The molecule has 0 spiro atoms. The molecule has 0 radical (unpaired) electrons. The minimum absolute atomic E-state index is 0.0312. The van der Waals surface area contributed by atoms with Gasteiger partial charge in [0, 0.05) is 18.2 Å². The number of nitrogens with one attached hydrogen (secondary N) is 2. The lowest BCUT2D eigenvalue weighted by molar-refractivity contribution is -0.122. The van der Waals surface area contributed by atoms with Crippen molar-refractivity contribution in [2.45, 2.75) is 18.6 Å². The van der Waals surface area contributed by atoms with E-state index in [1.807, 2.05) is 0 Å². The van der Waals surface area contributed by atoms with Crippen LogP contribution in [0.1, 0.15) is 18.1 Å². The highest BCUT2D eigenvalue weighted by molar-refractivity contribution is 7.99. The molecular weight excluding hydrogens is 267 g/mol. The smallest absolute Gasteiger partial charge is 0.238 e. The lowest BCUT2D eigenvalue weighted by Crippen LogP contribution is -2.42. The Balaban J connectivity index is 1.72. The maximum absolute atomic E-state index is 12.7. The monoisotopic (exact) mass is 284 g/mol. The number of hydrogen-bond donors (Lipinski definition) is 3. The third kappa shape index (κ3) is 4.19. The molecule has 1 saturated heterocycles. The molecule has 0 aliphatic carbocycles. The standard InChI is InChI=1S/C13H17FN2O2S/c14-10-3-1-9(2-4-10)12(17)5-6-15-13(18)11-7-19-8-16-11/h1-4,11-12,16-17H,5-8H2,(H,15,18). The van der Waals surface area contributed by atoms with Crippen molar-refractivity contribution in [2.75, 3.05) is 18.2 Å². The Morgan fingerprint density at radius 3 is 2.89 bits per heavy atom.